The number of anilines is 1. The average molecular weight is 526 g/mol. The van der Waals surface area contributed by atoms with Gasteiger partial charge in [-0.25, -0.2) is 9.37 Å². The molecule has 0 spiro atoms. The van der Waals surface area contributed by atoms with E-state index in [1.165, 1.54) is 25.0 Å². The molecule has 2 aliphatic rings. The van der Waals surface area contributed by atoms with Gasteiger partial charge in [0.25, 0.3) is 0 Å². The lowest BCUT2D eigenvalue weighted by Gasteiger charge is -2.32. The highest BCUT2D eigenvalue weighted by atomic mass is 19.1. The third kappa shape index (κ3) is 11.0. The van der Waals surface area contributed by atoms with Crippen molar-refractivity contribution in [3.63, 3.8) is 0 Å². The predicted octanol–water partition coefficient (Wildman–Crippen LogP) is 3.44. The number of allylic oxidation sites excluding steroid dienone is 2. The SMILES string of the molecule is C/C=C\C(CN1CCN(C)CC1)=NC.C=N/C(=C\C=N/CN)c1cnc(N2CCC(F)C2)c(C#N)c1.CC. The number of hydrogen-bond donors (Lipinski definition) is 1. The molecule has 0 radical (unpaired) electrons. The standard InChI is InChI=1S/C15H17FN6.C11H21N3.C2H6/c1-19-14(2-4-20-10-18)12-6-11(7-17)15(21-8-12)22-5-3-13(16)9-22;1-4-5-11(12-2)10-14-8-6-13(3)7-9-14;1-2/h2,4,6,8,13H,1,3,5,9-10,18H2;4-5H,6-10H2,1-3H3;1-2H3/b14-2-,20-4-;5-4-,12-11?;. The van der Waals surface area contributed by atoms with E-state index >= 15 is 0 Å². The first-order valence-electron chi connectivity index (χ1n) is 13.1. The first-order valence-corrected chi connectivity index (χ1v) is 13.1. The van der Waals surface area contributed by atoms with E-state index in [1.807, 2.05) is 27.8 Å². The van der Waals surface area contributed by atoms with Gasteiger partial charge in [0.1, 0.15) is 18.1 Å². The van der Waals surface area contributed by atoms with Crippen LogP contribution in [0, 0.1) is 11.3 Å². The molecule has 3 rings (SSSR count). The molecular weight excluding hydrogens is 481 g/mol. The van der Waals surface area contributed by atoms with Crippen LogP contribution in [0.4, 0.5) is 10.2 Å². The minimum atomic E-state index is -0.870. The Labute approximate surface area is 228 Å². The van der Waals surface area contributed by atoms with Gasteiger partial charge in [-0.05, 0) is 45.3 Å². The molecule has 2 fully saturated rings. The van der Waals surface area contributed by atoms with E-state index < -0.39 is 6.17 Å². The fourth-order valence-electron chi connectivity index (χ4n) is 3.89. The lowest BCUT2D eigenvalue weighted by molar-refractivity contribution is 0.170. The number of alkyl halides is 1. The normalized spacial score (nSPS) is 19.1. The second-order valence-corrected chi connectivity index (χ2v) is 8.56. The maximum absolute atomic E-state index is 13.3. The van der Waals surface area contributed by atoms with Crippen LogP contribution in [0.25, 0.3) is 5.70 Å². The third-order valence-electron chi connectivity index (χ3n) is 5.95. The largest absolute Gasteiger partial charge is 0.352 e. The maximum atomic E-state index is 13.3. The topological polar surface area (TPSA) is 110 Å². The Hall–Kier alpha value is -3.26. The molecule has 3 heterocycles. The van der Waals surface area contributed by atoms with Crippen LogP contribution in [-0.4, -0.2) is 106 Å². The minimum absolute atomic E-state index is 0.181. The Kier molecular flexibility index (Phi) is 16.3. The van der Waals surface area contributed by atoms with E-state index in [2.05, 4.69) is 61.7 Å². The molecule has 2 N–H and O–H groups in total. The Balaban J connectivity index is 0.000000389. The average Bonchev–Trinajstić information content (AvgIpc) is 3.39. The number of nitriles is 1. The zero-order valence-electron chi connectivity index (χ0n) is 23.6. The summed E-state index contributed by atoms with van der Waals surface area (Å²) in [5.41, 5.74) is 8.03. The summed E-state index contributed by atoms with van der Waals surface area (Å²) in [5.74, 6) is 0.505. The van der Waals surface area contributed by atoms with Crippen LogP contribution in [0.1, 0.15) is 38.3 Å². The Morgan fingerprint density at radius 1 is 1.29 bits per heavy atom. The quantitative estimate of drug-likeness (QED) is 0.521. The lowest BCUT2D eigenvalue weighted by atomic mass is 10.1. The van der Waals surface area contributed by atoms with Crippen LogP contribution in [0.5, 0.6) is 0 Å². The van der Waals surface area contributed by atoms with Crippen molar-refractivity contribution in [1.82, 2.24) is 14.8 Å². The highest BCUT2D eigenvalue weighted by Crippen LogP contribution is 2.26. The molecule has 0 bridgehead atoms. The van der Waals surface area contributed by atoms with Crippen molar-refractivity contribution in [2.45, 2.75) is 33.4 Å². The number of hydrogen-bond acceptors (Lipinski definition) is 9. The summed E-state index contributed by atoms with van der Waals surface area (Å²) in [6, 6.07) is 3.78. The molecule has 2 saturated heterocycles. The highest BCUT2D eigenvalue weighted by molar-refractivity contribution is 5.96. The van der Waals surface area contributed by atoms with E-state index in [1.54, 1.807) is 23.2 Å². The molecule has 0 saturated carbocycles. The van der Waals surface area contributed by atoms with E-state index in [9.17, 15) is 9.65 Å². The van der Waals surface area contributed by atoms with Gasteiger partial charge in [-0.2, -0.15) is 5.26 Å². The van der Waals surface area contributed by atoms with Crippen molar-refractivity contribution >= 4 is 30.2 Å². The molecule has 10 heteroatoms. The van der Waals surface area contributed by atoms with Crippen molar-refractivity contribution in [1.29, 1.82) is 5.26 Å². The minimum Gasteiger partial charge on any atom is -0.352 e. The van der Waals surface area contributed by atoms with Crippen molar-refractivity contribution in [2.75, 3.05) is 71.5 Å². The molecule has 208 valence electrons. The number of aliphatic imine (C=N–C) groups is 3. The van der Waals surface area contributed by atoms with Gasteiger partial charge in [-0.15, -0.1) is 0 Å². The van der Waals surface area contributed by atoms with Crippen LogP contribution in [0.3, 0.4) is 0 Å². The van der Waals surface area contributed by atoms with Crippen molar-refractivity contribution in [3.8, 4) is 6.07 Å². The summed E-state index contributed by atoms with van der Waals surface area (Å²) in [7, 11) is 4.05. The van der Waals surface area contributed by atoms with E-state index in [0.717, 1.165) is 19.6 Å². The number of nitrogens with zero attached hydrogens (tertiary/aromatic N) is 8. The Morgan fingerprint density at radius 3 is 2.53 bits per heavy atom. The highest BCUT2D eigenvalue weighted by Gasteiger charge is 2.25. The van der Waals surface area contributed by atoms with Crippen molar-refractivity contribution in [3.05, 3.63) is 41.6 Å². The van der Waals surface area contributed by atoms with Crippen LogP contribution >= 0.6 is 0 Å². The molecular formula is C28H44FN9. The molecule has 38 heavy (non-hydrogen) atoms. The molecule has 1 aromatic rings. The Bertz CT molecular complexity index is 1000. The fraction of sp³-hybridized carbons (Fsp3) is 0.536. The van der Waals surface area contributed by atoms with Gasteiger partial charge < -0.3 is 15.5 Å². The number of nitrogens with two attached hydrogens (primary N) is 1. The van der Waals surface area contributed by atoms with Crippen LogP contribution < -0.4 is 10.6 Å². The van der Waals surface area contributed by atoms with Gasteiger partial charge in [0.2, 0.25) is 0 Å². The van der Waals surface area contributed by atoms with Crippen molar-refractivity contribution in [2.24, 2.45) is 20.7 Å². The molecule has 2 aliphatic heterocycles. The number of aromatic nitrogens is 1. The summed E-state index contributed by atoms with van der Waals surface area (Å²) in [6.07, 6.45) is 8.51. The number of likely N-dealkylation sites (N-methyl/N-ethyl adjacent to an activating group) is 1. The molecule has 0 aromatic carbocycles. The fourth-order valence-corrected chi connectivity index (χ4v) is 3.89. The molecule has 9 nitrogen and oxygen atoms in total. The molecule has 0 aliphatic carbocycles. The number of pyridine rings is 1. The third-order valence-corrected chi connectivity index (χ3v) is 5.95. The van der Waals surface area contributed by atoms with Crippen molar-refractivity contribution < 1.29 is 4.39 Å². The van der Waals surface area contributed by atoms with Crippen LogP contribution in [0.2, 0.25) is 0 Å². The summed E-state index contributed by atoms with van der Waals surface area (Å²) in [4.78, 5) is 23.0. The van der Waals surface area contributed by atoms with Gasteiger partial charge in [-0.1, -0.05) is 19.9 Å². The summed E-state index contributed by atoms with van der Waals surface area (Å²) in [6.45, 7) is 16.2. The maximum Gasteiger partial charge on any atom is 0.146 e. The summed E-state index contributed by atoms with van der Waals surface area (Å²) in [5, 5.41) is 9.32. The van der Waals surface area contributed by atoms with Gasteiger partial charge in [0, 0.05) is 70.0 Å². The second kappa shape index (κ2) is 18.9. The smallest absolute Gasteiger partial charge is 0.146 e. The summed E-state index contributed by atoms with van der Waals surface area (Å²) < 4.78 is 13.3. The number of halogens is 1. The van der Waals surface area contributed by atoms with Crippen LogP contribution in [-0.2, 0) is 0 Å². The zero-order valence-corrected chi connectivity index (χ0v) is 23.6. The number of piperazine rings is 1. The summed E-state index contributed by atoms with van der Waals surface area (Å²) >= 11 is 0. The zero-order chi connectivity index (χ0) is 28.3. The van der Waals surface area contributed by atoms with E-state index in [4.69, 9.17) is 5.73 Å². The molecule has 1 aromatic heterocycles. The molecule has 1 atom stereocenters. The van der Waals surface area contributed by atoms with E-state index in [-0.39, 0.29) is 13.2 Å². The first kappa shape index (κ1) is 32.8. The molecule has 0 amide bonds. The molecule has 1 unspecified atom stereocenters. The van der Waals surface area contributed by atoms with Gasteiger partial charge >= 0.3 is 0 Å². The monoisotopic (exact) mass is 525 g/mol. The van der Waals surface area contributed by atoms with Crippen LogP contribution in [0.15, 0.2) is 45.5 Å². The second-order valence-electron chi connectivity index (χ2n) is 8.56. The van der Waals surface area contributed by atoms with E-state index in [0.29, 0.717) is 35.6 Å². The van der Waals surface area contributed by atoms with Gasteiger partial charge in [-0.3, -0.25) is 19.9 Å². The Morgan fingerprint density at radius 2 is 2.00 bits per heavy atom. The predicted molar refractivity (Wildman–Crippen MR) is 159 cm³/mol. The number of rotatable bonds is 8. The lowest BCUT2D eigenvalue weighted by Crippen LogP contribution is -2.46. The van der Waals surface area contributed by atoms with Gasteiger partial charge in [0.15, 0.2) is 0 Å². The first-order chi connectivity index (χ1) is 18.4. The van der Waals surface area contributed by atoms with Gasteiger partial charge in [0.05, 0.1) is 24.5 Å².